The molecule has 1 aliphatic heterocycles. The number of aldehydes is 1. The maximum absolute atomic E-state index is 10.4. The summed E-state index contributed by atoms with van der Waals surface area (Å²) in [5, 5.41) is 0. The molecule has 1 fully saturated rings. The second-order valence-corrected chi connectivity index (χ2v) is 4.14. The van der Waals surface area contributed by atoms with Crippen molar-refractivity contribution in [3.63, 3.8) is 0 Å². The highest BCUT2D eigenvalue weighted by Gasteiger charge is 2.38. The summed E-state index contributed by atoms with van der Waals surface area (Å²) in [6, 6.07) is 0. The van der Waals surface area contributed by atoms with E-state index in [0.29, 0.717) is 6.42 Å². The molecule has 1 aliphatic rings. The van der Waals surface area contributed by atoms with E-state index < -0.39 is 5.79 Å². The number of carbonyl (C=O) groups excluding carboxylic acids is 1. The fraction of sp³-hybridized carbons (Fsp3) is 0.900. The van der Waals surface area contributed by atoms with Gasteiger partial charge >= 0.3 is 0 Å². The van der Waals surface area contributed by atoms with E-state index in [2.05, 4.69) is 0 Å². The summed E-state index contributed by atoms with van der Waals surface area (Å²) in [6.07, 6.45) is 1.51. The predicted molar refractivity (Wildman–Crippen MR) is 49.3 cm³/mol. The molecule has 1 saturated heterocycles. The Morgan fingerprint density at radius 1 is 1.31 bits per heavy atom. The van der Waals surface area contributed by atoms with Crippen molar-refractivity contribution in [1.29, 1.82) is 0 Å². The van der Waals surface area contributed by atoms with Crippen LogP contribution in [-0.2, 0) is 14.3 Å². The lowest BCUT2D eigenvalue weighted by Gasteiger charge is -2.43. The molecule has 0 saturated carbocycles. The Labute approximate surface area is 79.4 Å². The van der Waals surface area contributed by atoms with Gasteiger partial charge in [-0.25, -0.2) is 0 Å². The van der Waals surface area contributed by atoms with Gasteiger partial charge in [0.1, 0.15) is 6.29 Å². The fourth-order valence-electron chi connectivity index (χ4n) is 1.71. The first-order valence-corrected chi connectivity index (χ1v) is 4.75. The average molecular weight is 186 g/mol. The standard InChI is InChI=1S/C10H18O3/c1-7-8(2)12-10(3,4)13-9(7)5-6-11/h6-9H,5H2,1-4H3/t7-,8-,9-/m0/s1. The fourth-order valence-corrected chi connectivity index (χ4v) is 1.71. The predicted octanol–water partition coefficient (Wildman–Crippen LogP) is 1.75. The van der Waals surface area contributed by atoms with Gasteiger partial charge in [-0.2, -0.15) is 0 Å². The van der Waals surface area contributed by atoms with Gasteiger partial charge in [0.2, 0.25) is 0 Å². The molecule has 0 amide bonds. The van der Waals surface area contributed by atoms with Gasteiger partial charge in [0.05, 0.1) is 12.2 Å². The lowest BCUT2D eigenvalue weighted by molar-refractivity contribution is -0.314. The van der Waals surface area contributed by atoms with Gasteiger partial charge in [0.15, 0.2) is 5.79 Å². The van der Waals surface area contributed by atoms with Gasteiger partial charge in [0, 0.05) is 12.3 Å². The highest BCUT2D eigenvalue weighted by molar-refractivity contribution is 5.50. The Morgan fingerprint density at radius 2 is 1.92 bits per heavy atom. The average Bonchev–Trinajstić information content (AvgIpc) is 1.99. The van der Waals surface area contributed by atoms with Crippen LogP contribution in [0.5, 0.6) is 0 Å². The molecule has 0 aromatic carbocycles. The SMILES string of the molecule is C[C@H]1[C@H](C)OC(C)(C)O[C@H]1CC=O. The third kappa shape index (κ3) is 2.51. The van der Waals surface area contributed by atoms with Crippen LogP contribution in [-0.4, -0.2) is 24.3 Å². The maximum Gasteiger partial charge on any atom is 0.163 e. The summed E-state index contributed by atoms with van der Waals surface area (Å²) in [6.45, 7) is 7.83. The number of hydrogen-bond donors (Lipinski definition) is 0. The van der Waals surface area contributed by atoms with Crippen molar-refractivity contribution < 1.29 is 14.3 Å². The van der Waals surface area contributed by atoms with Crippen molar-refractivity contribution in [2.75, 3.05) is 0 Å². The van der Waals surface area contributed by atoms with Gasteiger partial charge in [-0.15, -0.1) is 0 Å². The lowest BCUT2D eigenvalue weighted by Crippen LogP contribution is -2.49. The number of hydrogen-bond acceptors (Lipinski definition) is 3. The van der Waals surface area contributed by atoms with E-state index in [0.717, 1.165) is 6.29 Å². The quantitative estimate of drug-likeness (QED) is 0.616. The minimum absolute atomic E-state index is 0.00347. The van der Waals surface area contributed by atoms with E-state index in [1.54, 1.807) is 0 Å². The maximum atomic E-state index is 10.4. The second kappa shape index (κ2) is 3.76. The van der Waals surface area contributed by atoms with Gasteiger partial charge in [-0.05, 0) is 20.8 Å². The molecule has 0 unspecified atom stereocenters. The van der Waals surface area contributed by atoms with E-state index >= 15 is 0 Å². The molecule has 0 N–H and O–H groups in total. The molecule has 1 rings (SSSR count). The summed E-state index contributed by atoms with van der Waals surface area (Å²) in [5.74, 6) is -0.280. The zero-order valence-corrected chi connectivity index (χ0v) is 8.74. The smallest absolute Gasteiger partial charge is 0.163 e. The Morgan fingerprint density at radius 3 is 2.46 bits per heavy atom. The molecule has 0 bridgehead atoms. The lowest BCUT2D eigenvalue weighted by atomic mass is 9.95. The number of rotatable bonds is 2. The summed E-state index contributed by atoms with van der Waals surface area (Å²) < 4.78 is 11.3. The van der Waals surface area contributed by atoms with E-state index in [4.69, 9.17) is 9.47 Å². The molecule has 0 aromatic rings. The molecular formula is C10H18O3. The monoisotopic (exact) mass is 186 g/mol. The van der Waals surface area contributed by atoms with Crippen LogP contribution in [0.4, 0.5) is 0 Å². The van der Waals surface area contributed by atoms with E-state index in [9.17, 15) is 4.79 Å². The van der Waals surface area contributed by atoms with Crippen molar-refractivity contribution >= 4 is 6.29 Å². The van der Waals surface area contributed by atoms with Crippen LogP contribution in [0.25, 0.3) is 0 Å². The Balaban J connectivity index is 2.66. The molecule has 0 spiro atoms. The minimum Gasteiger partial charge on any atom is -0.347 e. The first kappa shape index (κ1) is 10.7. The second-order valence-electron chi connectivity index (χ2n) is 4.14. The minimum atomic E-state index is -0.556. The molecule has 1 heterocycles. The molecule has 0 radical (unpaired) electrons. The molecule has 0 aliphatic carbocycles. The van der Waals surface area contributed by atoms with Gasteiger partial charge in [0.25, 0.3) is 0 Å². The Hall–Kier alpha value is -0.410. The van der Waals surface area contributed by atoms with Crippen LogP contribution in [0.15, 0.2) is 0 Å². The van der Waals surface area contributed by atoms with Crippen LogP contribution in [0.1, 0.15) is 34.1 Å². The van der Waals surface area contributed by atoms with Gasteiger partial charge in [-0.3, -0.25) is 0 Å². The van der Waals surface area contributed by atoms with Crippen LogP contribution >= 0.6 is 0 Å². The first-order chi connectivity index (χ1) is 5.96. The number of ether oxygens (including phenoxy) is 2. The van der Waals surface area contributed by atoms with E-state index in [1.807, 2.05) is 27.7 Å². The molecule has 3 nitrogen and oxygen atoms in total. The van der Waals surface area contributed by atoms with Crippen molar-refractivity contribution in [3.8, 4) is 0 Å². The van der Waals surface area contributed by atoms with Crippen molar-refractivity contribution in [1.82, 2.24) is 0 Å². The molecule has 0 aromatic heterocycles. The molecule has 3 atom stereocenters. The highest BCUT2D eigenvalue weighted by Crippen LogP contribution is 2.31. The Kier molecular flexibility index (Phi) is 3.09. The third-order valence-electron chi connectivity index (χ3n) is 2.56. The normalized spacial score (nSPS) is 38.6. The van der Waals surface area contributed by atoms with Crippen molar-refractivity contribution in [2.45, 2.75) is 52.1 Å². The van der Waals surface area contributed by atoms with Crippen LogP contribution < -0.4 is 0 Å². The zero-order valence-electron chi connectivity index (χ0n) is 8.74. The zero-order chi connectivity index (χ0) is 10.1. The molecule has 76 valence electrons. The van der Waals surface area contributed by atoms with Crippen molar-refractivity contribution in [2.24, 2.45) is 5.92 Å². The summed E-state index contributed by atoms with van der Waals surface area (Å²) >= 11 is 0. The summed E-state index contributed by atoms with van der Waals surface area (Å²) in [7, 11) is 0. The highest BCUT2D eigenvalue weighted by atomic mass is 16.7. The Bertz CT molecular complexity index is 189. The first-order valence-electron chi connectivity index (χ1n) is 4.75. The van der Waals surface area contributed by atoms with E-state index in [-0.39, 0.29) is 18.1 Å². The molecular weight excluding hydrogens is 168 g/mol. The van der Waals surface area contributed by atoms with Gasteiger partial charge < -0.3 is 14.3 Å². The third-order valence-corrected chi connectivity index (χ3v) is 2.56. The van der Waals surface area contributed by atoms with E-state index in [1.165, 1.54) is 0 Å². The van der Waals surface area contributed by atoms with Gasteiger partial charge in [-0.1, -0.05) is 6.92 Å². The summed E-state index contributed by atoms with van der Waals surface area (Å²) in [4.78, 5) is 10.4. The van der Waals surface area contributed by atoms with Crippen LogP contribution in [0.2, 0.25) is 0 Å². The van der Waals surface area contributed by atoms with Crippen molar-refractivity contribution in [3.05, 3.63) is 0 Å². The number of carbonyl (C=O) groups is 1. The topological polar surface area (TPSA) is 35.5 Å². The summed E-state index contributed by atoms with van der Waals surface area (Å²) in [5.41, 5.74) is 0. The molecule has 3 heteroatoms. The largest absolute Gasteiger partial charge is 0.347 e. The van der Waals surface area contributed by atoms with Crippen LogP contribution in [0.3, 0.4) is 0 Å². The van der Waals surface area contributed by atoms with Crippen LogP contribution in [0, 0.1) is 5.92 Å². The molecule has 13 heavy (non-hydrogen) atoms.